The Hall–Kier alpha value is -3.60. The van der Waals surface area contributed by atoms with Crippen molar-refractivity contribution in [3.8, 4) is 28.7 Å². The Morgan fingerprint density at radius 1 is 0.939 bits per heavy atom. The zero-order valence-corrected chi connectivity index (χ0v) is 19.4. The molecule has 0 aliphatic carbocycles. The van der Waals surface area contributed by atoms with E-state index in [1.54, 1.807) is 0 Å². The molecule has 4 aromatic rings. The Kier molecular flexibility index (Phi) is 6.23. The lowest BCUT2D eigenvalue weighted by atomic mass is 10.2. The highest BCUT2D eigenvalue weighted by atomic mass is 32.2. The molecule has 0 spiro atoms. The van der Waals surface area contributed by atoms with Crippen LogP contribution < -0.4 is 4.74 Å². The Balaban J connectivity index is 1.47. The number of rotatable bonds is 8. The fourth-order valence-corrected chi connectivity index (χ4v) is 3.50. The molecule has 4 rings (SSSR count). The molecule has 0 bridgehead atoms. The van der Waals surface area contributed by atoms with Gasteiger partial charge in [0.15, 0.2) is 15.9 Å². The predicted molar refractivity (Wildman–Crippen MR) is 118 cm³/mol. The van der Waals surface area contributed by atoms with Crippen molar-refractivity contribution in [2.75, 3.05) is 6.26 Å². The van der Waals surface area contributed by atoms with E-state index in [2.05, 4.69) is 25.3 Å². The van der Waals surface area contributed by atoms with Crippen LogP contribution in [0.2, 0.25) is 0 Å². The quantitative estimate of drug-likeness (QED) is 0.369. The predicted octanol–water partition coefficient (Wildman–Crippen LogP) is 4.24. The summed E-state index contributed by atoms with van der Waals surface area (Å²) in [6.45, 7) is 5.92. The first-order valence-electron chi connectivity index (χ1n) is 10.4. The van der Waals surface area contributed by atoms with E-state index in [4.69, 9.17) is 13.8 Å². The SMILES string of the molecule is CCC(Oc1ccc(-c2noc(C(C)C)n2)cc1)c1nc(-c2ccc(S(C)(=O)=O)cn2)no1. The topological polar surface area (TPSA) is 134 Å². The zero-order chi connectivity index (χ0) is 23.6. The van der Waals surface area contributed by atoms with Crippen LogP contribution in [0.15, 0.2) is 56.5 Å². The first-order valence-corrected chi connectivity index (χ1v) is 12.2. The molecule has 0 N–H and O–H groups in total. The summed E-state index contributed by atoms with van der Waals surface area (Å²) in [5, 5.41) is 7.97. The second-order valence-electron chi connectivity index (χ2n) is 7.76. The molecule has 0 amide bonds. The number of hydrogen-bond acceptors (Lipinski definition) is 10. The minimum absolute atomic E-state index is 0.120. The summed E-state index contributed by atoms with van der Waals surface area (Å²) >= 11 is 0. The Morgan fingerprint density at radius 3 is 2.18 bits per heavy atom. The summed E-state index contributed by atoms with van der Waals surface area (Å²) in [6, 6.07) is 10.3. The van der Waals surface area contributed by atoms with Crippen molar-refractivity contribution in [2.24, 2.45) is 0 Å². The molecular formula is C22H23N5O5S. The van der Waals surface area contributed by atoms with Gasteiger partial charge < -0.3 is 13.8 Å². The van der Waals surface area contributed by atoms with Crippen LogP contribution in [0.25, 0.3) is 22.9 Å². The van der Waals surface area contributed by atoms with Gasteiger partial charge in [0.2, 0.25) is 17.5 Å². The molecule has 33 heavy (non-hydrogen) atoms. The fraction of sp³-hybridized carbons (Fsp3) is 0.318. The number of nitrogens with zero attached hydrogens (tertiary/aromatic N) is 5. The van der Waals surface area contributed by atoms with Gasteiger partial charge in [-0.3, -0.25) is 4.98 Å². The van der Waals surface area contributed by atoms with Crippen LogP contribution in [-0.2, 0) is 9.84 Å². The number of aromatic nitrogens is 5. The molecule has 0 saturated carbocycles. The van der Waals surface area contributed by atoms with Gasteiger partial charge >= 0.3 is 0 Å². The van der Waals surface area contributed by atoms with Gasteiger partial charge in [-0.05, 0) is 42.8 Å². The van der Waals surface area contributed by atoms with Crippen molar-refractivity contribution in [1.29, 1.82) is 0 Å². The van der Waals surface area contributed by atoms with Crippen molar-refractivity contribution in [1.82, 2.24) is 25.3 Å². The third kappa shape index (κ3) is 5.08. The number of sulfone groups is 1. The molecule has 1 aromatic carbocycles. The van der Waals surface area contributed by atoms with E-state index in [0.29, 0.717) is 35.5 Å². The molecule has 1 atom stereocenters. The lowest BCUT2D eigenvalue weighted by molar-refractivity contribution is 0.154. The summed E-state index contributed by atoms with van der Waals surface area (Å²) in [4.78, 5) is 13.0. The first-order chi connectivity index (χ1) is 15.7. The van der Waals surface area contributed by atoms with Crippen LogP contribution in [-0.4, -0.2) is 39.9 Å². The van der Waals surface area contributed by atoms with Crippen molar-refractivity contribution >= 4 is 9.84 Å². The highest BCUT2D eigenvalue weighted by Crippen LogP contribution is 2.28. The van der Waals surface area contributed by atoms with E-state index in [9.17, 15) is 8.42 Å². The zero-order valence-electron chi connectivity index (χ0n) is 18.6. The normalized spacial score (nSPS) is 12.8. The summed E-state index contributed by atoms with van der Waals surface area (Å²) in [5.74, 6) is 2.43. The monoisotopic (exact) mass is 469 g/mol. The number of pyridine rings is 1. The van der Waals surface area contributed by atoms with Crippen LogP contribution in [0, 0.1) is 0 Å². The van der Waals surface area contributed by atoms with Gasteiger partial charge in [0.1, 0.15) is 11.4 Å². The molecule has 3 aromatic heterocycles. The van der Waals surface area contributed by atoms with Crippen LogP contribution in [0.4, 0.5) is 0 Å². The van der Waals surface area contributed by atoms with Crippen molar-refractivity contribution in [3.63, 3.8) is 0 Å². The van der Waals surface area contributed by atoms with Gasteiger partial charge in [-0.25, -0.2) is 8.42 Å². The Bertz CT molecular complexity index is 1330. The van der Waals surface area contributed by atoms with Gasteiger partial charge in [-0.1, -0.05) is 31.1 Å². The molecule has 0 aliphatic heterocycles. The standard InChI is InChI=1S/C22H23N5O5S/c1-5-18(22-25-20(27-32-22)17-11-10-16(12-23-17)33(4,28)29)30-15-8-6-14(7-9-15)19-24-21(13(2)3)31-26-19/h6-13,18H,5H2,1-4H3. The van der Waals surface area contributed by atoms with Gasteiger partial charge in [-0.2, -0.15) is 9.97 Å². The first kappa shape index (κ1) is 22.6. The smallest absolute Gasteiger partial charge is 0.268 e. The fourth-order valence-electron chi connectivity index (χ4n) is 2.94. The summed E-state index contributed by atoms with van der Waals surface area (Å²) in [6.07, 6.45) is 2.51. The lowest BCUT2D eigenvalue weighted by Crippen LogP contribution is -2.07. The van der Waals surface area contributed by atoms with Crippen LogP contribution in [0.1, 0.15) is 51.0 Å². The minimum Gasteiger partial charge on any atom is -0.481 e. The number of ether oxygens (including phenoxy) is 1. The average Bonchev–Trinajstić information content (AvgIpc) is 3.48. The average molecular weight is 470 g/mol. The summed E-state index contributed by atoms with van der Waals surface area (Å²) in [7, 11) is -3.33. The van der Waals surface area contributed by atoms with E-state index < -0.39 is 15.9 Å². The van der Waals surface area contributed by atoms with E-state index in [1.807, 2.05) is 45.0 Å². The second kappa shape index (κ2) is 9.10. The molecule has 1 unspecified atom stereocenters. The van der Waals surface area contributed by atoms with E-state index in [0.717, 1.165) is 11.8 Å². The van der Waals surface area contributed by atoms with Gasteiger partial charge in [0, 0.05) is 23.9 Å². The minimum atomic E-state index is -3.33. The highest BCUT2D eigenvalue weighted by Gasteiger charge is 2.21. The molecule has 0 radical (unpaired) electrons. The van der Waals surface area contributed by atoms with Crippen molar-refractivity contribution < 1.29 is 22.2 Å². The maximum absolute atomic E-state index is 11.6. The largest absolute Gasteiger partial charge is 0.481 e. The molecule has 0 aliphatic rings. The second-order valence-corrected chi connectivity index (χ2v) is 9.77. The molecule has 10 nitrogen and oxygen atoms in total. The van der Waals surface area contributed by atoms with Gasteiger partial charge in [0.05, 0.1) is 4.90 Å². The van der Waals surface area contributed by atoms with Gasteiger partial charge in [0.25, 0.3) is 5.89 Å². The third-order valence-corrected chi connectivity index (χ3v) is 5.91. The highest BCUT2D eigenvalue weighted by molar-refractivity contribution is 7.90. The van der Waals surface area contributed by atoms with Crippen LogP contribution in [0.3, 0.4) is 0 Å². The summed E-state index contributed by atoms with van der Waals surface area (Å²) in [5.41, 5.74) is 1.22. The molecule has 172 valence electrons. The van der Waals surface area contributed by atoms with Crippen molar-refractivity contribution in [3.05, 3.63) is 54.4 Å². The van der Waals surface area contributed by atoms with E-state index >= 15 is 0 Å². The molecule has 0 fully saturated rings. The Morgan fingerprint density at radius 2 is 1.61 bits per heavy atom. The van der Waals surface area contributed by atoms with E-state index in [-0.39, 0.29) is 16.6 Å². The van der Waals surface area contributed by atoms with Crippen molar-refractivity contribution in [2.45, 2.75) is 44.1 Å². The lowest BCUT2D eigenvalue weighted by Gasteiger charge is -2.13. The molecular weight excluding hydrogens is 446 g/mol. The Labute approximate surface area is 190 Å². The molecule has 3 heterocycles. The van der Waals surface area contributed by atoms with Crippen LogP contribution in [0.5, 0.6) is 5.75 Å². The van der Waals surface area contributed by atoms with Gasteiger partial charge in [-0.15, -0.1) is 0 Å². The van der Waals surface area contributed by atoms with E-state index in [1.165, 1.54) is 18.3 Å². The number of hydrogen-bond donors (Lipinski definition) is 0. The molecule has 11 heteroatoms. The third-order valence-electron chi connectivity index (χ3n) is 4.81. The maximum atomic E-state index is 11.6. The molecule has 0 saturated heterocycles. The summed E-state index contributed by atoms with van der Waals surface area (Å²) < 4.78 is 39.9. The van der Waals surface area contributed by atoms with Crippen LogP contribution >= 0.6 is 0 Å². The number of benzene rings is 1. The maximum Gasteiger partial charge on any atom is 0.268 e.